The lowest BCUT2D eigenvalue weighted by Gasteiger charge is -2.31. The first-order valence-electron chi connectivity index (χ1n) is 7.17. The van der Waals surface area contributed by atoms with E-state index in [4.69, 9.17) is 0 Å². The van der Waals surface area contributed by atoms with Crippen molar-refractivity contribution in [2.45, 2.75) is 50.3 Å². The van der Waals surface area contributed by atoms with Crippen molar-refractivity contribution in [1.82, 2.24) is 4.90 Å². The molecule has 0 spiro atoms. The van der Waals surface area contributed by atoms with Crippen LogP contribution in [0.25, 0.3) is 0 Å². The fraction of sp³-hybridized carbons (Fsp3) is 0.562. The molecule has 1 aliphatic carbocycles. The SMILES string of the molecule is CC(SC(=O)N(C)C1CCCCC1)c1ccccc1. The molecule has 1 aromatic carbocycles. The van der Waals surface area contributed by atoms with Gasteiger partial charge in [-0.25, -0.2) is 0 Å². The Bertz CT molecular complexity index is 400. The van der Waals surface area contributed by atoms with E-state index in [9.17, 15) is 4.79 Å². The van der Waals surface area contributed by atoms with Gasteiger partial charge in [-0.3, -0.25) is 4.79 Å². The molecule has 3 heteroatoms. The van der Waals surface area contributed by atoms with Gasteiger partial charge in [0.25, 0.3) is 5.24 Å². The summed E-state index contributed by atoms with van der Waals surface area (Å²) < 4.78 is 0. The van der Waals surface area contributed by atoms with Crippen molar-refractivity contribution in [2.75, 3.05) is 7.05 Å². The Hall–Kier alpha value is -0.960. The standard InChI is InChI=1S/C16H23NOS/c1-13(14-9-5-3-6-10-14)19-16(18)17(2)15-11-7-4-8-12-15/h3,5-6,9-10,13,15H,4,7-8,11-12H2,1-2H3. The van der Waals surface area contributed by atoms with Gasteiger partial charge >= 0.3 is 0 Å². The van der Waals surface area contributed by atoms with Crippen molar-refractivity contribution in [3.05, 3.63) is 35.9 Å². The molecule has 2 rings (SSSR count). The monoisotopic (exact) mass is 277 g/mol. The maximum atomic E-state index is 12.3. The van der Waals surface area contributed by atoms with Crippen molar-refractivity contribution in [1.29, 1.82) is 0 Å². The van der Waals surface area contributed by atoms with E-state index in [-0.39, 0.29) is 10.5 Å². The molecule has 1 fully saturated rings. The van der Waals surface area contributed by atoms with Crippen LogP contribution in [0.2, 0.25) is 0 Å². The number of rotatable bonds is 3. The van der Waals surface area contributed by atoms with Gasteiger partial charge in [0, 0.05) is 18.3 Å². The maximum Gasteiger partial charge on any atom is 0.282 e. The summed E-state index contributed by atoms with van der Waals surface area (Å²) in [5.41, 5.74) is 1.22. The number of thioether (sulfide) groups is 1. The van der Waals surface area contributed by atoms with E-state index in [1.54, 1.807) is 0 Å². The number of nitrogens with zero attached hydrogens (tertiary/aromatic N) is 1. The summed E-state index contributed by atoms with van der Waals surface area (Å²) in [5, 5.41) is 0.433. The minimum absolute atomic E-state index is 0.211. The van der Waals surface area contributed by atoms with Gasteiger partial charge in [0.05, 0.1) is 0 Å². The summed E-state index contributed by atoms with van der Waals surface area (Å²) in [6.45, 7) is 2.10. The largest absolute Gasteiger partial charge is 0.334 e. The zero-order valence-electron chi connectivity index (χ0n) is 11.8. The van der Waals surface area contributed by atoms with Crippen LogP contribution in [0, 0.1) is 0 Å². The van der Waals surface area contributed by atoms with Crippen LogP contribution in [0.3, 0.4) is 0 Å². The summed E-state index contributed by atoms with van der Waals surface area (Å²) in [4.78, 5) is 14.3. The van der Waals surface area contributed by atoms with Crippen LogP contribution in [0.15, 0.2) is 30.3 Å². The molecule has 1 unspecified atom stereocenters. The van der Waals surface area contributed by atoms with E-state index < -0.39 is 0 Å². The highest BCUT2D eigenvalue weighted by Crippen LogP contribution is 2.32. The normalized spacial score (nSPS) is 18.0. The van der Waals surface area contributed by atoms with E-state index in [2.05, 4.69) is 19.1 Å². The van der Waals surface area contributed by atoms with Crippen LogP contribution in [-0.2, 0) is 0 Å². The van der Waals surface area contributed by atoms with E-state index in [0.29, 0.717) is 6.04 Å². The second kappa shape index (κ2) is 6.99. The molecular formula is C16H23NOS. The lowest BCUT2D eigenvalue weighted by atomic mass is 9.95. The van der Waals surface area contributed by atoms with Crippen molar-refractivity contribution >= 4 is 17.0 Å². The van der Waals surface area contributed by atoms with Crippen LogP contribution < -0.4 is 0 Å². The van der Waals surface area contributed by atoms with Gasteiger partial charge in [0.2, 0.25) is 0 Å². The fourth-order valence-electron chi connectivity index (χ4n) is 2.64. The summed E-state index contributed by atoms with van der Waals surface area (Å²) in [7, 11) is 1.96. The lowest BCUT2D eigenvalue weighted by molar-refractivity contribution is 0.196. The summed E-state index contributed by atoms with van der Waals surface area (Å²) in [5.74, 6) is 0. The molecule has 0 N–H and O–H groups in total. The number of amides is 1. The van der Waals surface area contributed by atoms with Crippen LogP contribution in [0.4, 0.5) is 4.79 Å². The number of carbonyl (C=O) groups excluding carboxylic acids is 1. The van der Waals surface area contributed by atoms with Gasteiger partial charge in [0.1, 0.15) is 0 Å². The van der Waals surface area contributed by atoms with Crippen molar-refractivity contribution in [2.24, 2.45) is 0 Å². The molecule has 0 bridgehead atoms. The predicted molar refractivity (Wildman–Crippen MR) is 82.5 cm³/mol. The number of carbonyl (C=O) groups is 1. The second-order valence-electron chi connectivity index (χ2n) is 5.34. The predicted octanol–water partition coefficient (Wildman–Crippen LogP) is 4.87. The number of hydrogen-bond donors (Lipinski definition) is 0. The molecule has 0 saturated heterocycles. The Morgan fingerprint density at radius 1 is 1.21 bits per heavy atom. The fourth-order valence-corrected chi connectivity index (χ4v) is 3.55. The Kier molecular flexibility index (Phi) is 5.32. The van der Waals surface area contributed by atoms with Crippen LogP contribution in [0.5, 0.6) is 0 Å². The minimum Gasteiger partial charge on any atom is -0.334 e. The first kappa shape index (κ1) is 14.4. The van der Waals surface area contributed by atoms with Crippen molar-refractivity contribution in [3.8, 4) is 0 Å². The first-order chi connectivity index (χ1) is 9.18. The molecule has 0 radical (unpaired) electrons. The number of benzene rings is 1. The van der Waals surface area contributed by atoms with Gasteiger partial charge in [-0.1, -0.05) is 61.4 Å². The Balaban J connectivity index is 1.89. The smallest absolute Gasteiger partial charge is 0.282 e. The molecule has 1 aromatic rings. The highest BCUT2D eigenvalue weighted by atomic mass is 32.2. The Labute approximate surface area is 120 Å². The molecule has 104 valence electrons. The van der Waals surface area contributed by atoms with Gasteiger partial charge < -0.3 is 4.90 Å². The molecule has 1 amide bonds. The topological polar surface area (TPSA) is 20.3 Å². The molecular weight excluding hydrogens is 254 g/mol. The van der Waals surface area contributed by atoms with E-state index in [1.165, 1.54) is 49.4 Å². The second-order valence-corrected chi connectivity index (χ2v) is 6.63. The van der Waals surface area contributed by atoms with Gasteiger partial charge in [-0.05, 0) is 25.3 Å². The Morgan fingerprint density at radius 2 is 1.84 bits per heavy atom. The molecule has 1 aliphatic rings. The quantitative estimate of drug-likeness (QED) is 0.786. The summed E-state index contributed by atoms with van der Waals surface area (Å²) in [6, 6.07) is 10.7. The molecule has 19 heavy (non-hydrogen) atoms. The minimum atomic E-state index is 0.211. The maximum absolute atomic E-state index is 12.3. The average Bonchev–Trinajstić information content (AvgIpc) is 2.48. The number of hydrogen-bond acceptors (Lipinski definition) is 2. The van der Waals surface area contributed by atoms with Gasteiger partial charge in [0.15, 0.2) is 0 Å². The highest BCUT2D eigenvalue weighted by molar-refractivity contribution is 8.13. The zero-order chi connectivity index (χ0) is 13.7. The Morgan fingerprint density at radius 3 is 2.47 bits per heavy atom. The molecule has 0 heterocycles. The summed E-state index contributed by atoms with van der Waals surface area (Å²) >= 11 is 1.44. The van der Waals surface area contributed by atoms with Crippen molar-refractivity contribution < 1.29 is 4.79 Å². The third-order valence-corrected chi connectivity index (χ3v) is 5.07. The average molecular weight is 277 g/mol. The van der Waals surface area contributed by atoms with Gasteiger partial charge in [-0.15, -0.1) is 0 Å². The first-order valence-corrected chi connectivity index (χ1v) is 8.05. The van der Waals surface area contributed by atoms with E-state index in [0.717, 1.165) is 0 Å². The summed E-state index contributed by atoms with van der Waals surface area (Å²) in [6.07, 6.45) is 6.19. The molecule has 2 nitrogen and oxygen atoms in total. The molecule has 0 aromatic heterocycles. The molecule has 0 aliphatic heterocycles. The molecule has 1 saturated carbocycles. The van der Waals surface area contributed by atoms with Crippen LogP contribution >= 0.6 is 11.8 Å². The highest BCUT2D eigenvalue weighted by Gasteiger charge is 2.23. The zero-order valence-corrected chi connectivity index (χ0v) is 12.7. The van der Waals surface area contributed by atoms with Crippen molar-refractivity contribution in [3.63, 3.8) is 0 Å². The van der Waals surface area contributed by atoms with Crippen LogP contribution in [0.1, 0.15) is 49.8 Å². The van der Waals surface area contributed by atoms with E-state index >= 15 is 0 Å². The molecule has 1 atom stereocenters. The third kappa shape index (κ3) is 4.00. The van der Waals surface area contributed by atoms with Gasteiger partial charge in [-0.2, -0.15) is 0 Å². The van der Waals surface area contributed by atoms with E-state index in [1.807, 2.05) is 30.1 Å². The van der Waals surface area contributed by atoms with Crippen LogP contribution in [-0.4, -0.2) is 23.2 Å². The lowest BCUT2D eigenvalue weighted by Crippen LogP contribution is -2.36. The third-order valence-electron chi connectivity index (χ3n) is 3.96.